The van der Waals surface area contributed by atoms with Gasteiger partial charge in [0.05, 0.1) is 23.7 Å². The number of likely N-dealkylation sites (tertiary alicyclic amines) is 1. The normalized spacial score (nSPS) is 22.0. The van der Waals surface area contributed by atoms with Gasteiger partial charge in [0.15, 0.2) is 0 Å². The van der Waals surface area contributed by atoms with Crippen LogP contribution in [0.1, 0.15) is 35.6 Å². The molecular formula is C30H32N4O5S2. The number of carbonyl (C=O) groups is 3. The number of hydrogen-bond donors (Lipinski definition) is 0. The Morgan fingerprint density at radius 1 is 0.951 bits per heavy atom. The predicted molar refractivity (Wildman–Crippen MR) is 160 cm³/mol. The van der Waals surface area contributed by atoms with Crippen LogP contribution in [0.5, 0.6) is 5.75 Å². The molecule has 0 N–H and O–H groups in total. The summed E-state index contributed by atoms with van der Waals surface area (Å²) in [5.41, 5.74) is 2.35. The molecule has 2 fully saturated rings. The predicted octanol–water partition coefficient (Wildman–Crippen LogP) is 3.79. The van der Waals surface area contributed by atoms with Crippen LogP contribution in [0.3, 0.4) is 0 Å². The molecule has 3 aromatic rings. The molecule has 9 nitrogen and oxygen atoms in total. The maximum atomic E-state index is 14.1. The third-order valence-electron chi connectivity index (χ3n) is 8.15. The molecule has 0 saturated carbocycles. The van der Waals surface area contributed by atoms with Crippen LogP contribution in [0, 0.1) is 5.92 Å². The molecule has 4 heterocycles. The summed E-state index contributed by atoms with van der Waals surface area (Å²) in [4.78, 5) is 60.1. The number of thioether (sulfide) groups is 1. The Morgan fingerprint density at radius 2 is 1.63 bits per heavy atom. The largest absolute Gasteiger partial charge is 0.497 e. The van der Waals surface area contributed by atoms with Crippen molar-refractivity contribution in [2.45, 2.75) is 42.0 Å². The Hall–Kier alpha value is -3.57. The first kappa shape index (κ1) is 27.6. The van der Waals surface area contributed by atoms with Crippen LogP contribution in [0.25, 0.3) is 0 Å². The summed E-state index contributed by atoms with van der Waals surface area (Å²) in [6.45, 7) is 1.33. The number of fused-ring (bicyclic) bond motifs is 2. The summed E-state index contributed by atoms with van der Waals surface area (Å²) in [6, 6.07) is 14.8. The van der Waals surface area contributed by atoms with Crippen molar-refractivity contribution >= 4 is 52.2 Å². The lowest BCUT2D eigenvalue weighted by Crippen LogP contribution is -2.39. The number of piperidine rings is 1. The van der Waals surface area contributed by atoms with Crippen molar-refractivity contribution in [2.75, 3.05) is 44.1 Å². The van der Waals surface area contributed by atoms with Crippen molar-refractivity contribution in [3.05, 3.63) is 68.6 Å². The number of rotatable bonds is 6. The molecule has 0 aliphatic carbocycles. The first-order chi connectivity index (χ1) is 19.8. The summed E-state index contributed by atoms with van der Waals surface area (Å²) in [7, 11) is 5.47. The number of imide groups is 1. The summed E-state index contributed by atoms with van der Waals surface area (Å²) in [6.07, 6.45) is 3.03. The Labute approximate surface area is 246 Å². The maximum Gasteiger partial charge on any atom is 0.308 e. The van der Waals surface area contributed by atoms with Crippen LogP contribution >= 0.6 is 23.1 Å². The van der Waals surface area contributed by atoms with Gasteiger partial charge in [-0.15, -0.1) is 0 Å². The molecule has 2 unspecified atom stereocenters. The number of ether oxygens (including phenoxy) is 1. The lowest BCUT2D eigenvalue weighted by atomic mass is 9.83. The Kier molecular flexibility index (Phi) is 7.41. The van der Waals surface area contributed by atoms with Gasteiger partial charge in [0, 0.05) is 43.7 Å². The van der Waals surface area contributed by atoms with Crippen molar-refractivity contribution in [1.29, 1.82) is 0 Å². The molecule has 41 heavy (non-hydrogen) atoms. The van der Waals surface area contributed by atoms with Gasteiger partial charge in [-0.1, -0.05) is 35.2 Å². The van der Waals surface area contributed by atoms with Crippen molar-refractivity contribution < 1.29 is 19.1 Å². The van der Waals surface area contributed by atoms with Crippen molar-refractivity contribution in [3.63, 3.8) is 0 Å². The van der Waals surface area contributed by atoms with E-state index in [4.69, 9.17) is 4.74 Å². The highest BCUT2D eigenvalue weighted by Gasteiger charge is 2.56. The van der Waals surface area contributed by atoms with E-state index >= 15 is 0 Å². The zero-order chi connectivity index (χ0) is 28.8. The van der Waals surface area contributed by atoms with Crippen molar-refractivity contribution in [3.8, 4) is 5.75 Å². The third kappa shape index (κ3) is 4.84. The zero-order valence-corrected chi connectivity index (χ0v) is 24.9. The standard InChI is InChI=1S/C30H32N4O5S2/c1-31(2)19-9-7-18(8-10-19)23-24-25(28(37)34(27(24)36)20-11-13-21(39-3)14-12-20)40-29-26(23)41-30(38)33(29)17-22(35)32-15-5-4-6-16-32/h7-14,23-25H,4-6,15-17H2,1-3H3/t23-,24?,25?/m1/s1. The molecule has 3 aliphatic rings. The van der Waals surface area contributed by atoms with Crippen molar-refractivity contribution in [1.82, 2.24) is 9.47 Å². The highest BCUT2D eigenvalue weighted by atomic mass is 32.2. The second-order valence-electron chi connectivity index (χ2n) is 10.8. The van der Waals surface area contributed by atoms with E-state index in [1.807, 2.05) is 48.2 Å². The van der Waals surface area contributed by atoms with E-state index in [0.717, 1.165) is 46.7 Å². The monoisotopic (exact) mass is 592 g/mol. The number of thiazole rings is 1. The minimum atomic E-state index is -0.721. The molecule has 3 amide bonds. The molecule has 3 atom stereocenters. The van der Waals surface area contributed by atoms with Gasteiger partial charge in [-0.05, 0) is 61.2 Å². The van der Waals surface area contributed by atoms with Crippen LogP contribution in [-0.2, 0) is 20.9 Å². The molecule has 6 rings (SSSR count). The number of hydrogen-bond acceptors (Lipinski definition) is 8. The summed E-state index contributed by atoms with van der Waals surface area (Å²) >= 11 is 2.33. The summed E-state index contributed by atoms with van der Waals surface area (Å²) < 4.78 is 6.78. The average Bonchev–Trinajstić information content (AvgIpc) is 3.43. The number of anilines is 2. The minimum absolute atomic E-state index is 0.0638. The van der Waals surface area contributed by atoms with E-state index in [-0.39, 0.29) is 29.1 Å². The fourth-order valence-corrected chi connectivity index (χ4v) is 8.73. The Morgan fingerprint density at radius 3 is 2.27 bits per heavy atom. The van der Waals surface area contributed by atoms with E-state index in [2.05, 4.69) is 0 Å². The average molecular weight is 593 g/mol. The number of carbonyl (C=O) groups excluding carboxylic acids is 3. The third-order valence-corrected chi connectivity index (χ3v) is 10.8. The van der Waals surface area contributed by atoms with E-state index in [9.17, 15) is 19.2 Å². The lowest BCUT2D eigenvalue weighted by molar-refractivity contribution is -0.133. The highest BCUT2D eigenvalue weighted by Crippen LogP contribution is 2.54. The molecule has 3 aliphatic heterocycles. The van der Waals surface area contributed by atoms with Gasteiger partial charge in [0.1, 0.15) is 17.5 Å². The van der Waals surface area contributed by atoms with E-state index < -0.39 is 17.1 Å². The first-order valence-corrected chi connectivity index (χ1v) is 15.4. The number of amides is 3. The molecule has 11 heteroatoms. The summed E-state index contributed by atoms with van der Waals surface area (Å²) in [5.74, 6) is -1.24. The van der Waals surface area contributed by atoms with E-state index in [1.54, 1.807) is 31.4 Å². The van der Waals surface area contributed by atoms with Crippen LogP contribution in [0.2, 0.25) is 0 Å². The Bertz CT molecular complexity index is 1540. The molecule has 1 aromatic heterocycles. The number of aromatic nitrogens is 1. The molecule has 2 saturated heterocycles. The molecule has 0 bridgehead atoms. The quantitative estimate of drug-likeness (QED) is 0.402. The van der Waals surface area contributed by atoms with Gasteiger partial charge < -0.3 is 14.5 Å². The molecule has 0 radical (unpaired) electrons. The number of benzene rings is 2. The van der Waals surface area contributed by atoms with Crippen LogP contribution in [-0.4, -0.2) is 66.7 Å². The van der Waals surface area contributed by atoms with Gasteiger partial charge in [0.25, 0.3) is 0 Å². The van der Waals surface area contributed by atoms with Gasteiger partial charge in [-0.25, -0.2) is 4.90 Å². The zero-order valence-electron chi connectivity index (χ0n) is 23.2. The number of methoxy groups -OCH3 is 1. The van der Waals surface area contributed by atoms with Crippen LogP contribution in [0.15, 0.2) is 58.4 Å². The SMILES string of the molecule is COc1ccc(N2C(=O)C3Sc4c(sc(=O)n4CC(=O)N4CCCCC4)[C@H](c4ccc(N(C)C)cc4)C3C2=O)cc1. The highest BCUT2D eigenvalue weighted by molar-refractivity contribution is 8.00. The van der Waals surface area contributed by atoms with E-state index in [1.165, 1.54) is 21.2 Å². The topological polar surface area (TPSA) is 92.2 Å². The smallest absolute Gasteiger partial charge is 0.308 e. The second kappa shape index (κ2) is 11.0. The van der Waals surface area contributed by atoms with Crippen LogP contribution in [0.4, 0.5) is 11.4 Å². The molecule has 214 valence electrons. The van der Waals surface area contributed by atoms with Gasteiger partial charge in [-0.3, -0.25) is 23.7 Å². The van der Waals surface area contributed by atoms with Crippen LogP contribution < -0.4 is 19.4 Å². The van der Waals surface area contributed by atoms with E-state index in [0.29, 0.717) is 29.6 Å². The molecular weight excluding hydrogens is 560 g/mol. The van der Waals surface area contributed by atoms with Gasteiger partial charge >= 0.3 is 4.87 Å². The lowest BCUT2D eigenvalue weighted by Gasteiger charge is -2.31. The van der Waals surface area contributed by atoms with Gasteiger partial charge in [-0.2, -0.15) is 0 Å². The fraction of sp³-hybridized carbons (Fsp3) is 0.400. The van der Waals surface area contributed by atoms with Crippen molar-refractivity contribution in [2.24, 2.45) is 5.92 Å². The maximum absolute atomic E-state index is 14.1. The fourth-order valence-electron chi connectivity index (χ4n) is 5.96. The second-order valence-corrected chi connectivity index (χ2v) is 12.9. The molecule has 0 spiro atoms. The number of nitrogens with zero attached hydrogens (tertiary/aromatic N) is 4. The summed E-state index contributed by atoms with van der Waals surface area (Å²) in [5, 5.41) is -0.105. The first-order valence-electron chi connectivity index (χ1n) is 13.8. The Balaban J connectivity index is 1.42. The minimum Gasteiger partial charge on any atom is -0.497 e. The van der Waals surface area contributed by atoms with Gasteiger partial charge in [0.2, 0.25) is 17.7 Å². The molecule has 2 aromatic carbocycles.